The van der Waals surface area contributed by atoms with Gasteiger partial charge in [-0.3, -0.25) is 9.59 Å². The Bertz CT molecular complexity index is 1020. The third kappa shape index (κ3) is 4.28. The van der Waals surface area contributed by atoms with Crippen molar-refractivity contribution >= 4 is 46.9 Å². The largest absolute Gasteiger partial charge is 0.349 e. The van der Waals surface area contributed by atoms with Crippen LogP contribution in [0, 0.1) is 5.92 Å². The Kier molecular flexibility index (Phi) is 6.21. The molecule has 2 aromatic carbocycles. The fraction of sp³-hybridized carbons (Fsp3) is 0.333. The van der Waals surface area contributed by atoms with Crippen LogP contribution in [0.3, 0.4) is 0 Å². The molecule has 1 saturated carbocycles. The molecule has 156 valence electrons. The van der Waals surface area contributed by atoms with E-state index in [0.717, 1.165) is 35.4 Å². The summed E-state index contributed by atoms with van der Waals surface area (Å²) in [6, 6.07) is 13.2. The lowest BCUT2D eigenvalue weighted by molar-refractivity contribution is -0.114. The molecule has 0 spiro atoms. The summed E-state index contributed by atoms with van der Waals surface area (Å²) in [6.45, 7) is 2.20. The monoisotopic (exact) mass is 440 g/mol. The molecule has 2 aliphatic rings. The van der Waals surface area contributed by atoms with Crippen LogP contribution in [0.5, 0.6) is 0 Å². The van der Waals surface area contributed by atoms with E-state index in [1.54, 1.807) is 11.9 Å². The second-order valence-electron chi connectivity index (χ2n) is 8.02. The molecular formula is C24H25ClN2O2S. The van der Waals surface area contributed by atoms with Crippen molar-refractivity contribution in [1.29, 1.82) is 0 Å². The zero-order chi connectivity index (χ0) is 21.3. The van der Waals surface area contributed by atoms with Gasteiger partial charge >= 0.3 is 0 Å². The van der Waals surface area contributed by atoms with Crippen LogP contribution in [0.25, 0.3) is 6.08 Å². The van der Waals surface area contributed by atoms with Gasteiger partial charge in [-0.05, 0) is 54.7 Å². The third-order valence-electron chi connectivity index (χ3n) is 5.94. The summed E-state index contributed by atoms with van der Waals surface area (Å²) in [4.78, 5) is 28.9. The summed E-state index contributed by atoms with van der Waals surface area (Å²) < 4.78 is 0. The highest BCUT2D eigenvalue weighted by Crippen LogP contribution is 2.42. The first-order valence-electron chi connectivity index (χ1n) is 10.3. The first-order valence-corrected chi connectivity index (χ1v) is 11.5. The number of nitrogens with zero attached hydrogens (tertiary/aromatic N) is 1. The van der Waals surface area contributed by atoms with Crippen LogP contribution < -0.4 is 10.2 Å². The second-order valence-corrected chi connectivity index (χ2v) is 9.51. The highest BCUT2D eigenvalue weighted by Gasteiger charge is 2.28. The first kappa shape index (κ1) is 21.0. The van der Waals surface area contributed by atoms with Crippen LogP contribution in [0.2, 0.25) is 5.02 Å². The van der Waals surface area contributed by atoms with Gasteiger partial charge in [0.25, 0.3) is 11.8 Å². The molecule has 1 heterocycles. The molecule has 0 aromatic heterocycles. The van der Waals surface area contributed by atoms with E-state index in [9.17, 15) is 9.59 Å². The number of halogens is 1. The number of rotatable bonds is 3. The lowest BCUT2D eigenvalue weighted by atomic mass is 9.86. The number of benzene rings is 2. The minimum atomic E-state index is -0.106. The number of likely N-dealkylation sites (N-methyl/N-ethyl adjacent to an activating group) is 1. The summed E-state index contributed by atoms with van der Waals surface area (Å²) in [5.41, 5.74) is 2.15. The van der Waals surface area contributed by atoms with Gasteiger partial charge in [0.2, 0.25) is 0 Å². The van der Waals surface area contributed by atoms with Crippen LogP contribution in [0.1, 0.15) is 48.5 Å². The van der Waals surface area contributed by atoms with E-state index < -0.39 is 0 Å². The minimum absolute atomic E-state index is 0.0696. The van der Waals surface area contributed by atoms with Gasteiger partial charge in [-0.2, -0.15) is 0 Å². The van der Waals surface area contributed by atoms with Gasteiger partial charge in [0, 0.05) is 28.6 Å². The number of anilines is 1. The van der Waals surface area contributed by atoms with Crippen molar-refractivity contribution in [2.75, 3.05) is 11.9 Å². The maximum absolute atomic E-state index is 12.9. The summed E-state index contributed by atoms with van der Waals surface area (Å²) in [6.07, 6.45) is 6.40. The van der Waals surface area contributed by atoms with E-state index in [4.69, 9.17) is 11.6 Å². The Morgan fingerprint density at radius 1 is 1.20 bits per heavy atom. The number of hydrogen-bond donors (Lipinski definition) is 1. The van der Waals surface area contributed by atoms with E-state index in [2.05, 4.69) is 12.2 Å². The molecule has 0 saturated heterocycles. The zero-order valence-corrected chi connectivity index (χ0v) is 18.7. The van der Waals surface area contributed by atoms with Crippen molar-refractivity contribution in [2.24, 2.45) is 5.92 Å². The van der Waals surface area contributed by atoms with Crippen LogP contribution in [-0.4, -0.2) is 24.9 Å². The fourth-order valence-corrected chi connectivity index (χ4v) is 5.32. The molecule has 1 N–H and O–H groups in total. The molecule has 4 rings (SSSR count). The number of thioether (sulfide) groups is 1. The SMILES string of the molecule is C[C@H]1CCCC[C@H]1NC(=O)c1ccc2c(c1)N(C)C(=O)/C(=C/c1ccccc1Cl)S2. The number of amides is 2. The molecule has 0 radical (unpaired) electrons. The van der Waals surface area contributed by atoms with Crippen LogP contribution in [-0.2, 0) is 4.79 Å². The standard InChI is InChI=1S/C24H25ClN2O2S/c1-15-7-3-6-10-19(15)26-23(28)17-11-12-21-20(13-17)27(2)24(29)22(30-21)14-16-8-4-5-9-18(16)25/h4-5,8-9,11-15,19H,3,6-7,10H2,1-2H3,(H,26,28)/b22-14-/t15-,19+/m0/s1. The molecule has 1 fully saturated rings. The van der Waals surface area contributed by atoms with Gasteiger partial charge in [0.05, 0.1) is 10.6 Å². The van der Waals surface area contributed by atoms with Crippen molar-refractivity contribution < 1.29 is 9.59 Å². The van der Waals surface area contributed by atoms with Crippen LogP contribution in [0.4, 0.5) is 5.69 Å². The van der Waals surface area contributed by atoms with E-state index >= 15 is 0 Å². The summed E-state index contributed by atoms with van der Waals surface area (Å²) in [5.74, 6) is 0.323. The van der Waals surface area contributed by atoms with E-state index in [-0.39, 0.29) is 17.9 Å². The molecule has 1 aliphatic carbocycles. The van der Waals surface area contributed by atoms with E-state index in [1.165, 1.54) is 18.2 Å². The quantitative estimate of drug-likeness (QED) is 0.617. The summed E-state index contributed by atoms with van der Waals surface area (Å²) in [5, 5.41) is 3.80. The van der Waals surface area contributed by atoms with Gasteiger partial charge in [0.1, 0.15) is 0 Å². The molecule has 4 nitrogen and oxygen atoms in total. The van der Waals surface area contributed by atoms with E-state index in [0.29, 0.717) is 21.4 Å². The third-order valence-corrected chi connectivity index (χ3v) is 7.36. The first-order chi connectivity index (χ1) is 14.4. The van der Waals surface area contributed by atoms with Crippen molar-refractivity contribution in [3.05, 3.63) is 63.5 Å². The Morgan fingerprint density at radius 3 is 2.73 bits per heavy atom. The average molecular weight is 441 g/mol. The van der Waals surface area contributed by atoms with Gasteiger partial charge in [-0.25, -0.2) is 0 Å². The predicted molar refractivity (Wildman–Crippen MR) is 124 cm³/mol. The molecule has 2 atom stereocenters. The molecule has 2 aromatic rings. The molecule has 1 aliphatic heterocycles. The second kappa shape index (κ2) is 8.86. The predicted octanol–water partition coefficient (Wildman–Crippen LogP) is 5.76. The van der Waals surface area contributed by atoms with Crippen molar-refractivity contribution in [3.8, 4) is 0 Å². The molecular weight excluding hydrogens is 416 g/mol. The van der Waals surface area contributed by atoms with Crippen molar-refractivity contribution in [3.63, 3.8) is 0 Å². The molecule has 0 bridgehead atoms. The number of nitrogens with one attached hydrogen (secondary N) is 1. The van der Waals surface area contributed by atoms with Crippen molar-refractivity contribution in [1.82, 2.24) is 5.32 Å². The Labute approximate surface area is 186 Å². The highest BCUT2D eigenvalue weighted by atomic mass is 35.5. The fourth-order valence-electron chi connectivity index (χ4n) is 4.05. The summed E-state index contributed by atoms with van der Waals surface area (Å²) >= 11 is 7.66. The number of carbonyl (C=O) groups excluding carboxylic acids is 2. The average Bonchev–Trinajstić information content (AvgIpc) is 2.74. The Morgan fingerprint density at radius 2 is 1.97 bits per heavy atom. The minimum Gasteiger partial charge on any atom is -0.349 e. The van der Waals surface area contributed by atoms with E-state index in [1.807, 2.05) is 48.5 Å². The highest BCUT2D eigenvalue weighted by molar-refractivity contribution is 8.04. The normalized spacial score (nSPS) is 22.7. The molecule has 0 unspecified atom stereocenters. The topological polar surface area (TPSA) is 49.4 Å². The number of hydrogen-bond acceptors (Lipinski definition) is 3. The van der Waals surface area contributed by atoms with Gasteiger partial charge in [-0.15, -0.1) is 0 Å². The van der Waals surface area contributed by atoms with Gasteiger partial charge in [-0.1, -0.05) is 61.3 Å². The Hall–Kier alpha value is -2.24. The smallest absolute Gasteiger partial charge is 0.264 e. The molecule has 30 heavy (non-hydrogen) atoms. The lowest BCUT2D eigenvalue weighted by Crippen LogP contribution is -2.41. The van der Waals surface area contributed by atoms with Crippen LogP contribution in [0.15, 0.2) is 52.3 Å². The zero-order valence-electron chi connectivity index (χ0n) is 17.2. The van der Waals surface area contributed by atoms with Crippen LogP contribution >= 0.6 is 23.4 Å². The lowest BCUT2D eigenvalue weighted by Gasteiger charge is -2.30. The summed E-state index contributed by atoms with van der Waals surface area (Å²) in [7, 11) is 1.74. The Balaban J connectivity index is 1.57. The van der Waals surface area contributed by atoms with Gasteiger partial charge < -0.3 is 10.2 Å². The van der Waals surface area contributed by atoms with Gasteiger partial charge in [0.15, 0.2) is 0 Å². The maximum Gasteiger partial charge on any atom is 0.264 e. The number of carbonyl (C=O) groups is 2. The molecule has 2 amide bonds. The molecule has 6 heteroatoms. The number of fused-ring (bicyclic) bond motifs is 1. The van der Waals surface area contributed by atoms with Crippen molar-refractivity contribution in [2.45, 2.75) is 43.5 Å². The maximum atomic E-state index is 12.9.